The summed E-state index contributed by atoms with van der Waals surface area (Å²) in [5.41, 5.74) is 3.22. The van der Waals surface area contributed by atoms with Gasteiger partial charge in [-0.1, -0.05) is 42.5 Å². The van der Waals surface area contributed by atoms with E-state index in [4.69, 9.17) is 0 Å². The molecule has 1 saturated heterocycles. The second kappa shape index (κ2) is 9.32. The second-order valence-corrected chi connectivity index (χ2v) is 9.13. The zero-order valence-corrected chi connectivity index (χ0v) is 18.9. The molecule has 2 aromatic heterocycles. The molecule has 0 amide bonds. The third-order valence-corrected chi connectivity index (χ3v) is 6.96. The first-order valence-electron chi connectivity index (χ1n) is 10.9. The number of rotatable bonds is 6. The number of aromatic nitrogens is 2. The molecule has 164 valence electrons. The van der Waals surface area contributed by atoms with Gasteiger partial charge in [-0.25, -0.2) is 14.4 Å². The van der Waals surface area contributed by atoms with Crippen LogP contribution in [0.5, 0.6) is 0 Å². The van der Waals surface area contributed by atoms with Crippen molar-refractivity contribution >= 4 is 27.4 Å². The van der Waals surface area contributed by atoms with Crippen LogP contribution in [0.25, 0.3) is 21.3 Å². The first kappa shape index (κ1) is 21.0. The van der Waals surface area contributed by atoms with Crippen LogP contribution in [0.2, 0.25) is 0 Å². The first-order valence-corrected chi connectivity index (χ1v) is 11.8. The van der Waals surface area contributed by atoms with Gasteiger partial charge in [0.1, 0.15) is 22.8 Å². The van der Waals surface area contributed by atoms with Crippen molar-refractivity contribution in [3.8, 4) is 11.1 Å². The number of hydrogen-bond donors (Lipinski definition) is 1. The zero-order chi connectivity index (χ0) is 21.9. The van der Waals surface area contributed by atoms with Crippen LogP contribution in [0.4, 0.5) is 10.2 Å². The summed E-state index contributed by atoms with van der Waals surface area (Å²) in [7, 11) is 2.18. The number of thiophene rings is 1. The number of piperazine rings is 1. The van der Waals surface area contributed by atoms with Gasteiger partial charge in [-0.05, 0) is 30.3 Å². The molecule has 0 bridgehead atoms. The highest BCUT2D eigenvalue weighted by atomic mass is 32.1. The number of likely N-dealkylation sites (N-methyl/N-ethyl adjacent to an activating group) is 1. The number of fused-ring (bicyclic) bond motifs is 1. The largest absolute Gasteiger partial charge is 0.361 e. The van der Waals surface area contributed by atoms with E-state index in [1.165, 1.54) is 17.7 Å². The van der Waals surface area contributed by atoms with Crippen molar-refractivity contribution in [2.45, 2.75) is 6.04 Å². The minimum atomic E-state index is -0.237. The van der Waals surface area contributed by atoms with E-state index in [0.29, 0.717) is 0 Å². The molecule has 2 aromatic carbocycles. The predicted molar refractivity (Wildman–Crippen MR) is 130 cm³/mol. The molecule has 5 rings (SSSR count). The van der Waals surface area contributed by atoms with Crippen molar-refractivity contribution in [3.05, 3.63) is 77.7 Å². The Hall–Kier alpha value is -2.87. The molecular formula is C25H26FN5S. The molecule has 0 saturated carbocycles. The van der Waals surface area contributed by atoms with Gasteiger partial charge < -0.3 is 10.2 Å². The fourth-order valence-corrected chi connectivity index (χ4v) is 5.12. The lowest BCUT2D eigenvalue weighted by Gasteiger charge is -2.35. The highest BCUT2D eigenvalue weighted by Gasteiger charge is 2.22. The molecule has 1 atom stereocenters. The third kappa shape index (κ3) is 4.50. The lowest BCUT2D eigenvalue weighted by Crippen LogP contribution is -2.46. The van der Waals surface area contributed by atoms with Crippen LogP contribution >= 0.6 is 11.3 Å². The number of anilines is 1. The Balaban J connectivity index is 1.50. The lowest BCUT2D eigenvalue weighted by atomic mass is 10.0. The molecule has 7 heteroatoms. The molecule has 1 N–H and O–H groups in total. The van der Waals surface area contributed by atoms with E-state index >= 15 is 0 Å². The maximum Gasteiger partial charge on any atom is 0.139 e. The summed E-state index contributed by atoms with van der Waals surface area (Å²) in [6.45, 7) is 5.18. The Bertz CT molecular complexity index is 1170. The first-order chi connectivity index (χ1) is 15.7. The van der Waals surface area contributed by atoms with Crippen molar-refractivity contribution in [2.24, 2.45) is 0 Å². The van der Waals surface area contributed by atoms with Gasteiger partial charge in [-0.15, -0.1) is 11.3 Å². The van der Waals surface area contributed by atoms with E-state index in [1.54, 1.807) is 17.7 Å². The summed E-state index contributed by atoms with van der Waals surface area (Å²) in [5.74, 6) is 0.581. The van der Waals surface area contributed by atoms with E-state index in [1.807, 2.05) is 18.2 Å². The molecule has 0 spiro atoms. The lowest BCUT2D eigenvalue weighted by molar-refractivity contribution is 0.149. The molecule has 1 aliphatic heterocycles. The Labute approximate surface area is 191 Å². The fourth-order valence-electron chi connectivity index (χ4n) is 4.20. The Morgan fingerprint density at radius 2 is 1.75 bits per heavy atom. The summed E-state index contributed by atoms with van der Waals surface area (Å²) in [4.78, 5) is 14.9. The van der Waals surface area contributed by atoms with Crippen LogP contribution < -0.4 is 5.32 Å². The van der Waals surface area contributed by atoms with Crippen molar-refractivity contribution < 1.29 is 4.39 Å². The van der Waals surface area contributed by atoms with Crippen LogP contribution in [0.3, 0.4) is 0 Å². The normalized spacial score (nSPS) is 16.3. The molecule has 3 heterocycles. The van der Waals surface area contributed by atoms with Crippen LogP contribution in [0.15, 0.2) is 66.3 Å². The molecule has 1 unspecified atom stereocenters. The topological polar surface area (TPSA) is 44.3 Å². The van der Waals surface area contributed by atoms with Gasteiger partial charge in [0.2, 0.25) is 0 Å². The van der Waals surface area contributed by atoms with Gasteiger partial charge >= 0.3 is 0 Å². The monoisotopic (exact) mass is 447 g/mol. The van der Waals surface area contributed by atoms with Crippen LogP contribution in [0, 0.1) is 5.82 Å². The average molecular weight is 448 g/mol. The highest BCUT2D eigenvalue weighted by Crippen LogP contribution is 2.37. The standard InChI is InChI=1S/C25H26FN5S/c1-30-11-13-31(14-12-30)15-22(19-5-3-2-4-6-19)29-24-23-21(16-32-25(23)28-17-27-24)18-7-9-20(26)10-8-18/h2-10,16-17,22H,11-15H2,1H3,(H,27,28,29). The van der Waals surface area contributed by atoms with Crippen molar-refractivity contribution in [1.29, 1.82) is 0 Å². The zero-order valence-electron chi connectivity index (χ0n) is 18.0. The van der Waals surface area contributed by atoms with E-state index < -0.39 is 0 Å². The maximum absolute atomic E-state index is 13.5. The Morgan fingerprint density at radius 3 is 2.50 bits per heavy atom. The van der Waals surface area contributed by atoms with Gasteiger partial charge in [0.05, 0.1) is 11.4 Å². The number of nitrogens with one attached hydrogen (secondary N) is 1. The van der Waals surface area contributed by atoms with Gasteiger partial charge in [0, 0.05) is 43.7 Å². The van der Waals surface area contributed by atoms with E-state index in [-0.39, 0.29) is 11.9 Å². The van der Waals surface area contributed by atoms with Gasteiger partial charge in [0.15, 0.2) is 0 Å². The van der Waals surface area contributed by atoms with Gasteiger partial charge in [0.25, 0.3) is 0 Å². The Kier molecular flexibility index (Phi) is 6.12. The van der Waals surface area contributed by atoms with E-state index in [2.05, 4.69) is 61.8 Å². The summed E-state index contributed by atoms with van der Waals surface area (Å²) in [6, 6.07) is 17.3. The van der Waals surface area contributed by atoms with Crippen LogP contribution in [-0.2, 0) is 0 Å². The van der Waals surface area contributed by atoms with Crippen LogP contribution in [-0.4, -0.2) is 59.5 Å². The van der Waals surface area contributed by atoms with Crippen LogP contribution in [0.1, 0.15) is 11.6 Å². The van der Waals surface area contributed by atoms with Crippen molar-refractivity contribution in [2.75, 3.05) is 45.1 Å². The van der Waals surface area contributed by atoms with Crippen molar-refractivity contribution in [3.63, 3.8) is 0 Å². The molecule has 5 nitrogen and oxygen atoms in total. The summed E-state index contributed by atoms with van der Waals surface area (Å²) in [6.07, 6.45) is 1.62. The second-order valence-electron chi connectivity index (χ2n) is 8.27. The molecule has 32 heavy (non-hydrogen) atoms. The fraction of sp³-hybridized carbons (Fsp3) is 0.280. The minimum absolute atomic E-state index is 0.0960. The van der Waals surface area contributed by atoms with Crippen molar-refractivity contribution in [1.82, 2.24) is 19.8 Å². The van der Waals surface area contributed by atoms with E-state index in [0.717, 1.165) is 59.9 Å². The van der Waals surface area contributed by atoms with Gasteiger partial charge in [-0.3, -0.25) is 4.90 Å². The Morgan fingerprint density at radius 1 is 1.00 bits per heavy atom. The maximum atomic E-state index is 13.5. The molecule has 4 aromatic rings. The predicted octanol–water partition coefficient (Wildman–Crippen LogP) is 4.90. The third-order valence-electron chi connectivity index (χ3n) is 6.08. The number of halogens is 1. The smallest absolute Gasteiger partial charge is 0.139 e. The average Bonchev–Trinajstić information content (AvgIpc) is 3.26. The summed E-state index contributed by atoms with van der Waals surface area (Å²) >= 11 is 1.59. The molecule has 0 radical (unpaired) electrons. The van der Waals surface area contributed by atoms with Gasteiger partial charge in [-0.2, -0.15) is 0 Å². The SMILES string of the molecule is CN1CCN(CC(Nc2ncnc3scc(-c4ccc(F)cc4)c23)c2ccccc2)CC1. The van der Waals surface area contributed by atoms with E-state index in [9.17, 15) is 4.39 Å². The highest BCUT2D eigenvalue weighted by molar-refractivity contribution is 7.17. The number of hydrogen-bond acceptors (Lipinski definition) is 6. The molecular weight excluding hydrogens is 421 g/mol. The summed E-state index contributed by atoms with van der Waals surface area (Å²) in [5, 5.41) is 6.80. The molecule has 1 fully saturated rings. The molecule has 0 aliphatic carbocycles. The number of nitrogens with zero attached hydrogens (tertiary/aromatic N) is 4. The number of benzene rings is 2. The minimum Gasteiger partial charge on any atom is -0.361 e. The summed E-state index contributed by atoms with van der Waals surface area (Å²) < 4.78 is 13.5. The molecule has 1 aliphatic rings. The quantitative estimate of drug-likeness (QED) is 0.456.